The molecule has 1 atom stereocenters. The van der Waals surface area contributed by atoms with Crippen molar-refractivity contribution in [2.75, 3.05) is 13.7 Å². The maximum absolute atomic E-state index is 12.1. The lowest BCUT2D eigenvalue weighted by atomic mass is 10.0. The van der Waals surface area contributed by atoms with E-state index in [-0.39, 0.29) is 5.97 Å². The zero-order valence-electron chi connectivity index (χ0n) is 16.2. The number of carbonyl (C=O) groups excluding carboxylic acids is 1. The SMILES string of the molecule is CCOC(=O)C1=C(C)N(C)C(=CC(=C2CC2C)c2ccc(C)cc2)N=C1. The molecule has 1 unspecified atom stereocenters. The van der Waals surface area contributed by atoms with E-state index in [1.54, 1.807) is 13.1 Å². The third kappa shape index (κ3) is 3.64. The Bertz CT molecular complexity index is 841. The molecular formula is C22H26N2O2. The Kier molecular flexibility index (Phi) is 5.12. The average molecular weight is 350 g/mol. The molecule has 3 rings (SSSR count). The highest BCUT2D eigenvalue weighted by Crippen LogP contribution is 2.44. The lowest BCUT2D eigenvalue weighted by Gasteiger charge is -2.26. The summed E-state index contributed by atoms with van der Waals surface area (Å²) in [6, 6.07) is 8.61. The van der Waals surface area contributed by atoms with Crippen LogP contribution in [-0.4, -0.2) is 30.7 Å². The van der Waals surface area contributed by atoms with Gasteiger partial charge in [0, 0.05) is 19.0 Å². The molecular weight excluding hydrogens is 324 g/mol. The van der Waals surface area contributed by atoms with Gasteiger partial charge in [-0.05, 0) is 50.3 Å². The number of aliphatic imine (C=N–C) groups is 1. The van der Waals surface area contributed by atoms with Gasteiger partial charge >= 0.3 is 5.97 Å². The fourth-order valence-electron chi connectivity index (χ4n) is 3.08. The Labute approximate surface area is 155 Å². The Morgan fingerprint density at radius 1 is 1.31 bits per heavy atom. The molecule has 1 aromatic rings. The van der Waals surface area contributed by atoms with E-state index >= 15 is 0 Å². The summed E-state index contributed by atoms with van der Waals surface area (Å²) >= 11 is 0. The zero-order valence-corrected chi connectivity index (χ0v) is 16.2. The third-order valence-corrected chi connectivity index (χ3v) is 5.00. The molecule has 1 aliphatic carbocycles. The quantitative estimate of drug-likeness (QED) is 0.752. The van der Waals surface area contributed by atoms with Crippen LogP contribution in [-0.2, 0) is 9.53 Å². The maximum atomic E-state index is 12.1. The zero-order chi connectivity index (χ0) is 18.8. The van der Waals surface area contributed by atoms with Crippen molar-refractivity contribution in [2.24, 2.45) is 10.9 Å². The van der Waals surface area contributed by atoms with Crippen molar-refractivity contribution in [3.63, 3.8) is 0 Å². The number of ether oxygens (including phenoxy) is 1. The van der Waals surface area contributed by atoms with Crippen LogP contribution >= 0.6 is 0 Å². The van der Waals surface area contributed by atoms with Gasteiger partial charge in [-0.2, -0.15) is 0 Å². The first kappa shape index (κ1) is 18.2. The predicted octanol–water partition coefficient (Wildman–Crippen LogP) is 4.48. The summed E-state index contributed by atoms with van der Waals surface area (Å²) in [7, 11) is 1.94. The second-order valence-corrected chi connectivity index (χ2v) is 6.95. The molecule has 0 saturated heterocycles. The number of rotatable bonds is 4. The molecule has 4 nitrogen and oxygen atoms in total. The Morgan fingerprint density at radius 3 is 2.54 bits per heavy atom. The van der Waals surface area contributed by atoms with E-state index in [9.17, 15) is 4.79 Å². The molecule has 26 heavy (non-hydrogen) atoms. The van der Waals surface area contributed by atoms with Gasteiger partial charge in [-0.3, -0.25) is 0 Å². The Hall–Kier alpha value is -2.62. The predicted molar refractivity (Wildman–Crippen MR) is 106 cm³/mol. The molecule has 4 heteroatoms. The van der Waals surface area contributed by atoms with Crippen LogP contribution in [0.1, 0.15) is 38.3 Å². The van der Waals surface area contributed by atoms with Crippen LogP contribution in [0.3, 0.4) is 0 Å². The maximum Gasteiger partial charge on any atom is 0.341 e. The third-order valence-electron chi connectivity index (χ3n) is 5.00. The molecule has 0 N–H and O–H groups in total. The summed E-state index contributed by atoms with van der Waals surface area (Å²) in [6.07, 6.45) is 4.88. The highest BCUT2D eigenvalue weighted by atomic mass is 16.5. The first-order chi connectivity index (χ1) is 12.4. The number of carbonyl (C=O) groups is 1. The number of benzene rings is 1. The van der Waals surface area contributed by atoms with E-state index in [4.69, 9.17) is 4.74 Å². The molecule has 0 radical (unpaired) electrons. The molecule has 1 fully saturated rings. The summed E-state index contributed by atoms with van der Waals surface area (Å²) < 4.78 is 5.12. The van der Waals surface area contributed by atoms with E-state index in [1.165, 1.54) is 22.3 Å². The van der Waals surface area contributed by atoms with Gasteiger partial charge in [0.25, 0.3) is 0 Å². The molecule has 1 aliphatic heterocycles. The normalized spacial score (nSPS) is 22.7. The van der Waals surface area contributed by atoms with Crippen molar-refractivity contribution in [2.45, 2.75) is 34.1 Å². The monoisotopic (exact) mass is 350 g/mol. The second kappa shape index (κ2) is 7.32. The minimum absolute atomic E-state index is 0.326. The summed E-state index contributed by atoms with van der Waals surface area (Å²) in [5, 5.41) is 0. The molecule has 0 amide bonds. The number of allylic oxidation sites excluding steroid dienone is 4. The van der Waals surface area contributed by atoms with Crippen LogP contribution in [0.2, 0.25) is 0 Å². The van der Waals surface area contributed by atoms with E-state index in [2.05, 4.69) is 49.2 Å². The van der Waals surface area contributed by atoms with Gasteiger partial charge in [0.15, 0.2) is 0 Å². The summed E-state index contributed by atoms with van der Waals surface area (Å²) in [5.74, 6) is 1.12. The first-order valence-corrected chi connectivity index (χ1v) is 9.10. The minimum atomic E-state index is -0.326. The molecule has 136 valence electrons. The number of hydrogen-bond acceptors (Lipinski definition) is 4. The van der Waals surface area contributed by atoms with Crippen LogP contribution < -0.4 is 0 Å². The molecule has 1 aromatic carbocycles. The molecule has 1 saturated carbocycles. The van der Waals surface area contributed by atoms with E-state index < -0.39 is 0 Å². The van der Waals surface area contributed by atoms with Crippen LogP contribution in [0.15, 0.2) is 58.0 Å². The van der Waals surface area contributed by atoms with E-state index in [0.29, 0.717) is 18.1 Å². The Balaban J connectivity index is 1.95. The number of aryl methyl sites for hydroxylation is 1. The van der Waals surface area contributed by atoms with Gasteiger partial charge < -0.3 is 9.64 Å². The van der Waals surface area contributed by atoms with Gasteiger partial charge in [-0.1, -0.05) is 42.3 Å². The van der Waals surface area contributed by atoms with Crippen molar-refractivity contribution in [3.05, 3.63) is 64.1 Å². The van der Waals surface area contributed by atoms with Crippen molar-refractivity contribution >= 4 is 17.8 Å². The van der Waals surface area contributed by atoms with Gasteiger partial charge in [0.1, 0.15) is 5.82 Å². The standard InChI is InChI=1S/C22H26N2O2/c1-6-26-22(25)20-13-23-21(24(5)16(20)4)12-19(18-11-15(18)3)17-9-7-14(2)8-10-17/h7-10,12-13,15H,6,11H2,1-5H3. The molecule has 0 aromatic heterocycles. The highest BCUT2D eigenvalue weighted by Gasteiger charge is 2.29. The largest absolute Gasteiger partial charge is 0.462 e. The molecule has 0 bridgehead atoms. The van der Waals surface area contributed by atoms with Crippen LogP contribution in [0, 0.1) is 12.8 Å². The van der Waals surface area contributed by atoms with Crippen LogP contribution in [0.25, 0.3) is 5.57 Å². The lowest BCUT2D eigenvalue weighted by molar-refractivity contribution is -0.138. The van der Waals surface area contributed by atoms with Gasteiger partial charge in [-0.25, -0.2) is 9.79 Å². The summed E-state index contributed by atoms with van der Waals surface area (Å²) in [6.45, 7) is 8.43. The number of esters is 1. The molecule has 1 heterocycles. The highest BCUT2D eigenvalue weighted by molar-refractivity contribution is 6.10. The Morgan fingerprint density at radius 2 is 1.96 bits per heavy atom. The van der Waals surface area contributed by atoms with Crippen molar-refractivity contribution in [3.8, 4) is 0 Å². The first-order valence-electron chi connectivity index (χ1n) is 9.10. The minimum Gasteiger partial charge on any atom is -0.462 e. The summed E-state index contributed by atoms with van der Waals surface area (Å²) in [4.78, 5) is 18.6. The summed E-state index contributed by atoms with van der Waals surface area (Å²) in [5.41, 5.74) is 6.52. The average Bonchev–Trinajstić information content (AvgIpc) is 3.34. The van der Waals surface area contributed by atoms with Gasteiger partial charge in [0.05, 0.1) is 12.2 Å². The number of nitrogens with zero attached hydrogens (tertiary/aromatic N) is 2. The topological polar surface area (TPSA) is 41.9 Å². The van der Waals surface area contributed by atoms with Crippen molar-refractivity contribution < 1.29 is 9.53 Å². The van der Waals surface area contributed by atoms with Gasteiger partial charge in [-0.15, -0.1) is 0 Å². The van der Waals surface area contributed by atoms with Crippen LogP contribution in [0.4, 0.5) is 0 Å². The fraction of sp³-hybridized carbons (Fsp3) is 0.364. The lowest BCUT2D eigenvalue weighted by Crippen LogP contribution is -2.24. The number of hydrogen-bond donors (Lipinski definition) is 0. The fourth-order valence-corrected chi connectivity index (χ4v) is 3.08. The van der Waals surface area contributed by atoms with Crippen molar-refractivity contribution in [1.29, 1.82) is 0 Å². The second-order valence-electron chi connectivity index (χ2n) is 6.95. The molecule has 0 spiro atoms. The van der Waals surface area contributed by atoms with E-state index in [0.717, 1.165) is 17.9 Å². The van der Waals surface area contributed by atoms with Crippen molar-refractivity contribution in [1.82, 2.24) is 4.90 Å². The van der Waals surface area contributed by atoms with Gasteiger partial charge in [0.2, 0.25) is 0 Å². The molecule has 2 aliphatic rings. The van der Waals surface area contributed by atoms with Crippen LogP contribution in [0.5, 0.6) is 0 Å². The van der Waals surface area contributed by atoms with E-state index in [1.807, 2.05) is 18.9 Å². The smallest absolute Gasteiger partial charge is 0.341 e.